The van der Waals surface area contributed by atoms with Crippen molar-refractivity contribution in [1.82, 2.24) is 9.55 Å². The minimum absolute atomic E-state index is 0.0203. The molecule has 142 valence electrons. The molecule has 1 aromatic heterocycles. The molecule has 0 aliphatic carbocycles. The second-order valence-corrected chi connectivity index (χ2v) is 8.02. The number of Topliss-reactive ketones (excluding diaryl/α,β-unsaturated/α-hetero) is 1. The second-order valence-electron chi connectivity index (χ2n) is 7.11. The van der Waals surface area contributed by atoms with Crippen LogP contribution >= 0.6 is 15.9 Å². The highest BCUT2D eigenvalue weighted by Crippen LogP contribution is 2.40. The van der Waals surface area contributed by atoms with Gasteiger partial charge in [-0.15, -0.1) is 0 Å². The lowest BCUT2D eigenvalue weighted by Crippen LogP contribution is -2.28. The van der Waals surface area contributed by atoms with Crippen LogP contribution < -0.4 is 5.32 Å². The third kappa shape index (κ3) is 2.98. The number of carbonyl (C=O) groups is 1. The van der Waals surface area contributed by atoms with Gasteiger partial charge >= 0.3 is 0 Å². The molecule has 1 atom stereocenters. The van der Waals surface area contributed by atoms with Gasteiger partial charge < -0.3 is 5.32 Å². The number of nitrogens with one attached hydrogen (secondary N) is 1. The fraction of sp³-hybridized carbons (Fsp3) is 0.0833. The van der Waals surface area contributed by atoms with Gasteiger partial charge in [-0.1, -0.05) is 70.5 Å². The number of nitrogens with zero attached hydrogens (tertiary/aromatic N) is 2. The van der Waals surface area contributed by atoms with Gasteiger partial charge in [0.15, 0.2) is 5.78 Å². The molecule has 2 heterocycles. The van der Waals surface area contributed by atoms with Crippen molar-refractivity contribution in [3.05, 3.63) is 106 Å². The van der Waals surface area contributed by atoms with E-state index in [1.54, 1.807) is 0 Å². The molecule has 0 saturated carbocycles. The van der Waals surface area contributed by atoms with E-state index in [-0.39, 0.29) is 11.8 Å². The monoisotopic (exact) mass is 443 g/mol. The first-order valence-corrected chi connectivity index (χ1v) is 10.2. The van der Waals surface area contributed by atoms with Crippen LogP contribution in [0.2, 0.25) is 0 Å². The van der Waals surface area contributed by atoms with Crippen molar-refractivity contribution in [1.29, 1.82) is 0 Å². The zero-order chi connectivity index (χ0) is 20.0. The number of imidazole rings is 1. The summed E-state index contributed by atoms with van der Waals surface area (Å²) >= 11 is 3.52. The Balaban J connectivity index is 1.76. The first kappa shape index (κ1) is 17.9. The molecule has 1 N–H and O–H groups in total. The van der Waals surface area contributed by atoms with Crippen molar-refractivity contribution in [2.75, 3.05) is 5.32 Å². The standard InChI is InChI=1S/C24H18BrN3O/c1-15-21(23(29)17-7-3-2-4-8-17)22(16-11-13-18(25)14-12-16)28-20-10-6-5-9-19(20)27-24(28)26-15/h2-14,22H,1H3,(H,26,27)/t22-/m1/s1. The molecule has 5 heteroatoms. The number of allylic oxidation sites excluding steroid dienone is 2. The van der Waals surface area contributed by atoms with E-state index in [0.717, 1.165) is 38.3 Å². The lowest BCUT2D eigenvalue weighted by atomic mass is 9.89. The summed E-state index contributed by atoms with van der Waals surface area (Å²) in [6.45, 7) is 1.95. The summed E-state index contributed by atoms with van der Waals surface area (Å²) in [7, 11) is 0. The Labute approximate surface area is 177 Å². The summed E-state index contributed by atoms with van der Waals surface area (Å²) in [5, 5.41) is 3.36. The Kier molecular flexibility index (Phi) is 4.32. The summed E-state index contributed by atoms with van der Waals surface area (Å²) < 4.78 is 3.13. The van der Waals surface area contributed by atoms with Crippen molar-refractivity contribution >= 4 is 38.7 Å². The molecule has 4 nitrogen and oxygen atoms in total. The number of para-hydroxylation sites is 2. The number of rotatable bonds is 3. The zero-order valence-electron chi connectivity index (χ0n) is 15.8. The van der Waals surface area contributed by atoms with Gasteiger partial charge in [0.1, 0.15) is 0 Å². The van der Waals surface area contributed by atoms with Gasteiger partial charge in [-0.2, -0.15) is 0 Å². The highest BCUT2D eigenvalue weighted by Gasteiger charge is 2.34. The van der Waals surface area contributed by atoms with Crippen LogP contribution in [-0.2, 0) is 0 Å². The third-order valence-electron chi connectivity index (χ3n) is 5.30. The fourth-order valence-corrected chi connectivity index (χ4v) is 4.23. The SMILES string of the molecule is CC1=C(C(=O)c2ccccc2)[C@@H](c2ccc(Br)cc2)n2c(nc3ccccc32)N1. The van der Waals surface area contributed by atoms with Gasteiger partial charge in [0.05, 0.1) is 17.1 Å². The molecule has 4 aromatic rings. The van der Waals surface area contributed by atoms with Crippen molar-refractivity contribution in [3.63, 3.8) is 0 Å². The quantitative estimate of drug-likeness (QED) is 0.396. The molecule has 0 radical (unpaired) electrons. The van der Waals surface area contributed by atoms with E-state index in [2.05, 4.69) is 37.9 Å². The average Bonchev–Trinajstić information content (AvgIpc) is 3.11. The number of aromatic nitrogens is 2. The normalized spacial score (nSPS) is 15.9. The number of halogens is 1. The predicted molar refractivity (Wildman–Crippen MR) is 119 cm³/mol. The number of fused-ring (bicyclic) bond motifs is 3. The molecule has 5 rings (SSSR count). The maximum atomic E-state index is 13.6. The van der Waals surface area contributed by atoms with Crippen molar-refractivity contribution in [3.8, 4) is 0 Å². The molecule has 0 fully saturated rings. The molecule has 1 aliphatic rings. The summed E-state index contributed by atoms with van der Waals surface area (Å²) in [5.41, 5.74) is 5.17. The molecule has 3 aromatic carbocycles. The van der Waals surface area contributed by atoms with E-state index < -0.39 is 0 Å². The summed E-state index contributed by atoms with van der Waals surface area (Å²) in [6.07, 6.45) is 0. The van der Waals surface area contributed by atoms with Gasteiger partial charge in [0.2, 0.25) is 5.95 Å². The number of hydrogen-bond donors (Lipinski definition) is 1. The smallest absolute Gasteiger partial charge is 0.209 e. The van der Waals surface area contributed by atoms with E-state index in [4.69, 9.17) is 4.98 Å². The Morgan fingerprint density at radius 3 is 2.41 bits per heavy atom. The van der Waals surface area contributed by atoms with Crippen LogP contribution in [0, 0.1) is 0 Å². The van der Waals surface area contributed by atoms with Crippen LogP contribution in [0.4, 0.5) is 5.95 Å². The summed E-state index contributed by atoms with van der Waals surface area (Å²) in [4.78, 5) is 18.3. The highest BCUT2D eigenvalue weighted by molar-refractivity contribution is 9.10. The lowest BCUT2D eigenvalue weighted by Gasteiger charge is -2.30. The Morgan fingerprint density at radius 1 is 0.966 bits per heavy atom. The first-order valence-electron chi connectivity index (χ1n) is 9.43. The number of benzene rings is 3. The molecule has 0 spiro atoms. The van der Waals surface area contributed by atoms with Crippen molar-refractivity contribution in [2.45, 2.75) is 13.0 Å². The van der Waals surface area contributed by atoms with Gasteiger partial charge in [-0.3, -0.25) is 9.36 Å². The van der Waals surface area contributed by atoms with E-state index in [1.807, 2.05) is 73.7 Å². The van der Waals surface area contributed by atoms with Gasteiger partial charge in [-0.25, -0.2) is 4.98 Å². The van der Waals surface area contributed by atoms with Crippen molar-refractivity contribution < 1.29 is 4.79 Å². The maximum Gasteiger partial charge on any atom is 0.209 e. The lowest BCUT2D eigenvalue weighted by molar-refractivity contribution is 0.102. The van der Waals surface area contributed by atoms with Gasteiger partial charge in [0.25, 0.3) is 0 Å². The number of carbonyl (C=O) groups excluding carboxylic acids is 1. The second kappa shape index (κ2) is 7.01. The van der Waals surface area contributed by atoms with Crippen LogP contribution in [-0.4, -0.2) is 15.3 Å². The van der Waals surface area contributed by atoms with Crippen LogP contribution in [0.5, 0.6) is 0 Å². The maximum absolute atomic E-state index is 13.6. The largest absolute Gasteiger partial charge is 0.329 e. The predicted octanol–water partition coefficient (Wildman–Crippen LogP) is 5.97. The van der Waals surface area contributed by atoms with Gasteiger partial charge in [0, 0.05) is 21.3 Å². The van der Waals surface area contributed by atoms with E-state index in [9.17, 15) is 4.79 Å². The highest BCUT2D eigenvalue weighted by atomic mass is 79.9. The minimum atomic E-state index is -0.264. The molecule has 0 saturated heterocycles. The molecular weight excluding hydrogens is 426 g/mol. The van der Waals surface area contributed by atoms with E-state index >= 15 is 0 Å². The molecule has 1 aliphatic heterocycles. The zero-order valence-corrected chi connectivity index (χ0v) is 17.3. The number of ketones is 1. The minimum Gasteiger partial charge on any atom is -0.329 e. The van der Waals surface area contributed by atoms with Crippen LogP contribution in [0.3, 0.4) is 0 Å². The summed E-state index contributed by atoms with van der Waals surface area (Å²) in [5.74, 6) is 0.771. The van der Waals surface area contributed by atoms with E-state index in [1.165, 1.54) is 0 Å². The number of hydrogen-bond acceptors (Lipinski definition) is 3. The third-order valence-corrected chi connectivity index (χ3v) is 5.83. The Hall–Kier alpha value is -3.18. The number of anilines is 1. The summed E-state index contributed by atoms with van der Waals surface area (Å²) in [6, 6.07) is 25.3. The van der Waals surface area contributed by atoms with Crippen LogP contribution in [0.15, 0.2) is 94.6 Å². The van der Waals surface area contributed by atoms with Crippen LogP contribution in [0.25, 0.3) is 11.0 Å². The van der Waals surface area contributed by atoms with Crippen LogP contribution in [0.1, 0.15) is 28.9 Å². The van der Waals surface area contributed by atoms with Crippen molar-refractivity contribution in [2.24, 2.45) is 0 Å². The molecule has 0 amide bonds. The molecular formula is C24H18BrN3O. The topological polar surface area (TPSA) is 46.9 Å². The average molecular weight is 444 g/mol. The molecule has 0 bridgehead atoms. The molecule has 29 heavy (non-hydrogen) atoms. The Bertz CT molecular complexity index is 1260. The van der Waals surface area contributed by atoms with E-state index in [0.29, 0.717) is 5.56 Å². The fourth-order valence-electron chi connectivity index (χ4n) is 3.96. The molecule has 0 unspecified atom stereocenters. The first-order chi connectivity index (χ1) is 14.1. The van der Waals surface area contributed by atoms with Gasteiger partial charge in [-0.05, 0) is 36.8 Å². The Morgan fingerprint density at radius 2 is 1.66 bits per heavy atom.